The zero-order valence-electron chi connectivity index (χ0n) is 11.2. The largest absolute Gasteiger partial charge is 0.376 e. The topological polar surface area (TPSA) is 51.0 Å². The first-order chi connectivity index (χ1) is 8.69. The van der Waals surface area contributed by atoms with E-state index < -0.39 is 0 Å². The summed E-state index contributed by atoms with van der Waals surface area (Å²) in [5.41, 5.74) is 3.57. The van der Waals surface area contributed by atoms with Crippen LogP contribution in [0.15, 0.2) is 22.7 Å². The Hall–Kier alpha value is -1.84. The van der Waals surface area contributed by atoms with Crippen LogP contribution in [0.2, 0.25) is 0 Å². The molecular formula is C14H19N3O. The van der Waals surface area contributed by atoms with E-state index in [-0.39, 0.29) is 0 Å². The van der Waals surface area contributed by atoms with Gasteiger partial charge in [-0.15, -0.1) is 0 Å². The average molecular weight is 245 g/mol. The second-order valence-corrected chi connectivity index (χ2v) is 4.53. The van der Waals surface area contributed by atoms with Crippen LogP contribution < -0.4 is 5.32 Å². The van der Waals surface area contributed by atoms with Crippen molar-refractivity contribution in [1.82, 2.24) is 10.1 Å². The van der Waals surface area contributed by atoms with Crippen molar-refractivity contribution in [3.63, 3.8) is 0 Å². The third kappa shape index (κ3) is 3.09. The second kappa shape index (κ2) is 5.67. The first kappa shape index (κ1) is 12.6. The molecule has 2 rings (SSSR count). The number of nitrogens with one attached hydrogen (secondary N) is 1. The van der Waals surface area contributed by atoms with Gasteiger partial charge in [0, 0.05) is 12.1 Å². The summed E-state index contributed by atoms with van der Waals surface area (Å²) in [6.07, 6.45) is 1.90. The van der Waals surface area contributed by atoms with E-state index >= 15 is 0 Å². The van der Waals surface area contributed by atoms with E-state index in [1.807, 2.05) is 0 Å². The Morgan fingerprint density at radius 3 is 2.89 bits per heavy atom. The minimum absolute atomic E-state index is 0.570. The standard InChI is InChI=1S/C14H19N3O/c1-4-5-13-16-14(18-17-13)9-15-12-8-10(2)6-7-11(12)3/h6-8,15H,4-5,9H2,1-3H3. The third-order valence-corrected chi connectivity index (χ3v) is 2.81. The Labute approximate surface area is 107 Å². The molecule has 96 valence electrons. The third-order valence-electron chi connectivity index (χ3n) is 2.81. The Morgan fingerprint density at radius 1 is 1.28 bits per heavy atom. The van der Waals surface area contributed by atoms with Gasteiger partial charge in [0.2, 0.25) is 5.89 Å². The average Bonchev–Trinajstić information content (AvgIpc) is 2.79. The SMILES string of the molecule is CCCc1noc(CNc2cc(C)ccc2C)n1. The van der Waals surface area contributed by atoms with Crippen molar-refractivity contribution in [3.05, 3.63) is 41.0 Å². The summed E-state index contributed by atoms with van der Waals surface area (Å²) in [6, 6.07) is 6.33. The predicted octanol–water partition coefficient (Wildman–Crippen LogP) is 3.25. The summed E-state index contributed by atoms with van der Waals surface area (Å²) in [5, 5.41) is 7.26. The maximum atomic E-state index is 5.19. The molecule has 4 nitrogen and oxygen atoms in total. The number of benzene rings is 1. The van der Waals surface area contributed by atoms with E-state index in [2.05, 4.69) is 54.4 Å². The van der Waals surface area contributed by atoms with E-state index in [0.717, 1.165) is 24.4 Å². The predicted molar refractivity (Wildman–Crippen MR) is 71.5 cm³/mol. The van der Waals surface area contributed by atoms with E-state index in [0.29, 0.717) is 12.4 Å². The van der Waals surface area contributed by atoms with E-state index in [1.165, 1.54) is 11.1 Å². The van der Waals surface area contributed by atoms with Crippen LogP contribution in [0, 0.1) is 13.8 Å². The van der Waals surface area contributed by atoms with Crippen LogP contribution >= 0.6 is 0 Å². The molecule has 0 aliphatic heterocycles. The first-order valence-corrected chi connectivity index (χ1v) is 6.31. The van der Waals surface area contributed by atoms with Crippen LogP contribution in [-0.4, -0.2) is 10.1 Å². The Kier molecular flexibility index (Phi) is 3.97. The zero-order chi connectivity index (χ0) is 13.0. The normalized spacial score (nSPS) is 10.6. The number of nitrogens with zero attached hydrogens (tertiary/aromatic N) is 2. The quantitative estimate of drug-likeness (QED) is 0.878. The molecule has 0 unspecified atom stereocenters. The zero-order valence-corrected chi connectivity index (χ0v) is 11.2. The summed E-state index contributed by atoms with van der Waals surface area (Å²) in [7, 11) is 0. The van der Waals surface area contributed by atoms with Crippen molar-refractivity contribution in [1.29, 1.82) is 0 Å². The lowest BCUT2D eigenvalue weighted by Crippen LogP contribution is -2.01. The summed E-state index contributed by atoms with van der Waals surface area (Å²) < 4.78 is 5.19. The molecule has 1 N–H and O–H groups in total. The molecule has 1 aromatic heterocycles. The van der Waals surface area contributed by atoms with E-state index in [1.54, 1.807) is 0 Å². The van der Waals surface area contributed by atoms with Crippen molar-refractivity contribution in [3.8, 4) is 0 Å². The molecule has 18 heavy (non-hydrogen) atoms. The van der Waals surface area contributed by atoms with Crippen molar-refractivity contribution in [2.24, 2.45) is 0 Å². The maximum Gasteiger partial charge on any atom is 0.245 e. The minimum atomic E-state index is 0.570. The lowest BCUT2D eigenvalue weighted by molar-refractivity contribution is 0.377. The van der Waals surface area contributed by atoms with Crippen molar-refractivity contribution in [2.75, 3.05) is 5.32 Å². The van der Waals surface area contributed by atoms with Gasteiger partial charge in [-0.1, -0.05) is 24.2 Å². The molecule has 1 aromatic carbocycles. The summed E-state index contributed by atoms with van der Waals surface area (Å²) in [4.78, 5) is 4.33. The van der Waals surface area contributed by atoms with Crippen LogP contribution in [0.5, 0.6) is 0 Å². The lowest BCUT2D eigenvalue weighted by Gasteiger charge is -2.08. The summed E-state index contributed by atoms with van der Waals surface area (Å²) >= 11 is 0. The highest BCUT2D eigenvalue weighted by atomic mass is 16.5. The Balaban J connectivity index is 1.99. The van der Waals surface area contributed by atoms with Crippen molar-refractivity contribution < 1.29 is 4.52 Å². The number of aromatic nitrogens is 2. The second-order valence-electron chi connectivity index (χ2n) is 4.53. The minimum Gasteiger partial charge on any atom is -0.376 e. The molecule has 0 saturated heterocycles. The fourth-order valence-electron chi connectivity index (χ4n) is 1.78. The van der Waals surface area contributed by atoms with Gasteiger partial charge in [-0.05, 0) is 37.5 Å². The Morgan fingerprint density at radius 2 is 2.11 bits per heavy atom. The molecule has 0 bridgehead atoms. The molecule has 0 amide bonds. The molecule has 0 aliphatic rings. The number of aryl methyl sites for hydroxylation is 3. The molecule has 0 aliphatic carbocycles. The van der Waals surface area contributed by atoms with Crippen LogP contribution in [-0.2, 0) is 13.0 Å². The van der Waals surface area contributed by atoms with Gasteiger partial charge in [0.25, 0.3) is 0 Å². The van der Waals surface area contributed by atoms with Gasteiger partial charge in [0.15, 0.2) is 5.82 Å². The molecule has 0 atom stereocenters. The van der Waals surface area contributed by atoms with Gasteiger partial charge >= 0.3 is 0 Å². The number of anilines is 1. The number of rotatable bonds is 5. The van der Waals surface area contributed by atoms with Gasteiger partial charge < -0.3 is 9.84 Å². The fourth-order valence-corrected chi connectivity index (χ4v) is 1.78. The highest BCUT2D eigenvalue weighted by Crippen LogP contribution is 2.17. The van der Waals surface area contributed by atoms with Gasteiger partial charge in [0.1, 0.15) is 0 Å². The smallest absolute Gasteiger partial charge is 0.245 e. The van der Waals surface area contributed by atoms with Gasteiger partial charge in [0.05, 0.1) is 6.54 Å². The fraction of sp³-hybridized carbons (Fsp3) is 0.429. The number of hydrogen-bond acceptors (Lipinski definition) is 4. The van der Waals surface area contributed by atoms with Crippen molar-refractivity contribution in [2.45, 2.75) is 40.2 Å². The maximum absolute atomic E-state index is 5.19. The summed E-state index contributed by atoms with van der Waals surface area (Å²) in [6.45, 7) is 6.83. The van der Waals surface area contributed by atoms with E-state index in [4.69, 9.17) is 4.52 Å². The van der Waals surface area contributed by atoms with Crippen LogP contribution in [0.4, 0.5) is 5.69 Å². The van der Waals surface area contributed by atoms with Crippen molar-refractivity contribution >= 4 is 5.69 Å². The number of hydrogen-bond donors (Lipinski definition) is 1. The van der Waals surface area contributed by atoms with Crippen LogP contribution in [0.3, 0.4) is 0 Å². The molecule has 2 aromatic rings. The highest BCUT2D eigenvalue weighted by Gasteiger charge is 2.06. The van der Waals surface area contributed by atoms with Gasteiger partial charge in [-0.25, -0.2) is 0 Å². The molecule has 0 saturated carbocycles. The highest BCUT2D eigenvalue weighted by molar-refractivity contribution is 5.52. The van der Waals surface area contributed by atoms with Crippen LogP contribution in [0.1, 0.15) is 36.2 Å². The molecular weight excluding hydrogens is 226 g/mol. The van der Waals surface area contributed by atoms with Gasteiger partial charge in [-0.3, -0.25) is 0 Å². The monoisotopic (exact) mass is 245 g/mol. The molecule has 0 radical (unpaired) electrons. The molecule has 0 spiro atoms. The van der Waals surface area contributed by atoms with Crippen LogP contribution in [0.25, 0.3) is 0 Å². The molecule has 0 fully saturated rings. The Bertz CT molecular complexity index is 520. The molecule has 1 heterocycles. The first-order valence-electron chi connectivity index (χ1n) is 6.31. The van der Waals surface area contributed by atoms with Gasteiger partial charge in [-0.2, -0.15) is 4.98 Å². The molecule has 4 heteroatoms. The summed E-state index contributed by atoms with van der Waals surface area (Å²) in [5.74, 6) is 1.43. The lowest BCUT2D eigenvalue weighted by atomic mass is 10.1. The van der Waals surface area contributed by atoms with E-state index in [9.17, 15) is 0 Å².